The van der Waals surface area contributed by atoms with Gasteiger partial charge in [-0.2, -0.15) is 0 Å². The SMILES string of the molecule is CC1(C)c2cc(-c3ccc(-c4ccccc4)cn3)ccc2-c2c1ccc1c2Oc2ccccc2O1. The first-order chi connectivity index (χ1) is 17.1. The number of nitrogens with zero attached hydrogens (tertiary/aromatic N) is 1. The standard InChI is InChI=1S/C32H23NO2/c1-32(2)24-15-17-29-31(35-28-11-7-6-10-27(28)34-29)30(24)23-14-12-21(18-25(23)32)26-16-13-22(19-33-26)20-8-4-3-5-9-20/h3-19H,1-2H3. The number of aromatic nitrogens is 1. The molecule has 0 spiro atoms. The van der Waals surface area contributed by atoms with Gasteiger partial charge < -0.3 is 9.47 Å². The first kappa shape index (κ1) is 20.0. The molecule has 5 aromatic rings. The molecule has 3 heteroatoms. The maximum Gasteiger partial charge on any atom is 0.178 e. The lowest BCUT2D eigenvalue weighted by Gasteiger charge is -2.25. The second-order valence-electron chi connectivity index (χ2n) is 9.65. The van der Waals surface area contributed by atoms with Gasteiger partial charge in [0.1, 0.15) is 0 Å². The summed E-state index contributed by atoms with van der Waals surface area (Å²) in [5, 5.41) is 0. The summed E-state index contributed by atoms with van der Waals surface area (Å²) >= 11 is 0. The maximum absolute atomic E-state index is 6.40. The molecule has 0 bridgehead atoms. The molecule has 2 aliphatic rings. The summed E-state index contributed by atoms with van der Waals surface area (Å²) in [5.74, 6) is 3.05. The summed E-state index contributed by atoms with van der Waals surface area (Å²) in [4.78, 5) is 4.80. The molecule has 7 rings (SSSR count). The van der Waals surface area contributed by atoms with E-state index in [0.29, 0.717) is 0 Å². The summed E-state index contributed by atoms with van der Waals surface area (Å²) in [5.41, 5.74) is 9.03. The van der Waals surface area contributed by atoms with Gasteiger partial charge in [-0.3, -0.25) is 4.98 Å². The van der Waals surface area contributed by atoms with E-state index in [4.69, 9.17) is 14.5 Å². The fourth-order valence-corrected chi connectivity index (χ4v) is 5.33. The summed E-state index contributed by atoms with van der Waals surface area (Å²) in [6.07, 6.45) is 1.96. The fraction of sp³-hybridized carbons (Fsp3) is 0.0938. The highest BCUT2D eigenvalue weighted by molar-refractivity contribution is 5.89. The molecule has 0 saturated heterocycles. The Morgan fingerprint density at radius 2 is 1.34 bits per heavy atom. The lowest BCUT2D eigenvalue weighted by Crippen LogP contribution is -2.15. The summed E-state index contributed by atoms with van der Waals surface area (Å²) < 4.78 is 12.6. The molecule has 0 saturated carbocycles. The number of fused-ring (bicyclic) bond motifs is 6. The second kappa shape index (κ2) is 7.31. The minimum absolute atomic E-state index is 0.167. The van der Waals surface area contributed by atoms with E-state index in [9.17, 15) is 0 Å². The highest BCUT2D eigenvalue weighted by atomic mass is 16.6. The fourth-order valence-electron chi connectivity index (χ4n) is 5.33. The average molecular weight is 454 g/mol. The van der Waals surface area contributed by atoms with Gasteiger partial charge in [-0.25, -0.2) is 0 Å². The molecule has 0 radical (unpaired) electrons. The monoisotopic (exact) mass is 453 g/mol. The zero-order chi connectivity index (χ0) is 23.6. The van der Waals surface area contributed by atoms with Gasteiger partial charge in [0.05, 0.1) is 5.69 Å². The van der Waals surface area contributed by atoms with Crippen LogP contribution in [0.4, 0.5) is 0 Å². The van der Waals surface area contributed by atoms with Gasteiger partial charge in [0.25, 0.3) is 0 Å². The number of benzene rings is 4. The third kappa shape index (κ3) is 3.01. The maximum atomic E-state index is 6.40. The van der Waals surface area contributed by atoms with Crippen LogP contribution in [0, 0.1) is 0 Å². The zero-order valence-corrected chi connectivity index (χ0v) is 19.6. The van der Waals surface area contributed by atoms with Gasteiger partial charge in [-0.05, 0) is 52.6 Å². The van der Waals surface area contributed by atoms with E-state index in [1.807, 2.05) is 42.6 Å². The van der Waals surface area contributed by atoms with Crippen LogP contribution in [0.2, 0.25) is 0 Å². The number of hydrogen-bond acceptors (Lipinski definition) is 3. The quantitative estimate of drug-likeness (QED) is 0.263. The third-order valence-electron chi connectivity index (χ3n) is 7.20. The van der Waals surface area contributed by atoms with E-state index >= 15 is 0 Å². The van der Waals surface area contributed by atoms with Crippen molar-refractivity contribution in [3.05, 3.63) is 114 Å². The lowest BCUT2D eigenvalue weighted by atomic mass is 9.81. The Labute approximate surface area is 204 Å². The molecular weight excluding hydrogens is 430 g/mol. The van der Waals surface area contributed by atoms with Crippen LogP contribution >= 0.6 is 0 Å². The van der Waals surface area contributed by atoms with Crippen molar-refractivity contribution in [2.24, 2.45) is 0 Å². The predicted octanol–water partition coefficient (Wildman–Crippen LogP) is 8.62. The topological polar surface area (TPSA) is 31.4 Å². The van der Waals surface area contributed by atoms with Gasteiger partial charge in [-0.15, -0.1) is 0 Å². The van der Waals surface area contributed by atoms with E-state index in [-0.39, 0.29) is 5.41 Å². The highest BCUT2D eigenvalue weighted by Crippen LogP contribution is 2.58. The molecule has 2 heterocycles. The Balaban J connectivity index is 1.31. The van der Waals surface area contributed by atoms with E-state index in [2.05, 4.69) is 74.5 Å². The third-order valence-corrected chi connectivity index (χ3v) is 7.20. The zero-order valence-electron chi connectivity index (χ0n) is 19.6. The Bertz CT molecular complexity index is 1600. The van der Waals surface area contributed by atoms with Crippen LogP contribution in [0.15, 0.2) is 103 Å². The molecule has 1 aliphatic carbocycles. The summed E-state index contributed by atoms with van der Waals surface area (Å²) in [6, 6.07) is 33.3. The van der Waals surface area contributed by atoms with Gasteiger partial charge in [-0.1, -0.05) is 80.6 Å². The molecule has 35 heavy (non-hydrogen) atoms. The minimum atomic E-state index is -0.167. The Hall–Kier alpha value is -4.37. The highest BCUT2D eigenvalue weighted by Gasteiger charge is 2.40. The van der Waals surface area contributed by atoms with Crippen molar-refractivity contribution in [1.82, 2.24) is 4.98 Å². The van der Waals surface area contributed by atoms with Crippen LogP contribution in [0.5, 0.6) is 23.0 Å². The molecule has 0 amide bonds. The Morgan fingerprint density at radius 1 is 0.600 bits per heavy atom. The van der Waals surface area contributed by atoms with Crippen LogP contribution in [0.1, 0.15) is 25.0 Å². The first-order valence-electron chi connectivity index (χ1n) is 11.9. The summed E-state index contributed by atoms with van der Waals surface area (Å²) in [6.45, 7) is 4.55. The number of para-hydroxylation sites is 2. The smallest absolute Gasteiger partial charge is 0.178 e. The minimum Gasteiger partial charge on any atom is -0.449 e. The Morgan fingerprint density at radius 3 is 2.11 bits per heavy atom. The molecular formula is C32H23NO2. The predicted molar refractivity (Wildman–Crippen MR) is 139 cm³/mol. The van der Waals surface area contributed by atoms with Crippen LogP contribution in [0.25, 0.3) is 33.5 Å². The van der Waals surface area contributed by atoms with Crippen molar-refractivity contribution in [2.45, 2.75) is 19.3 Å². The lowest BCUT2D eigenvalue weighted by molar-refractivity contribution is 0.360. The number of ether oxygens (including phenoxy) is 2. The van der Waals surface area contributed by atoms with Crippen LogP contribution in [-0.2, 0) is 5.41 Å². The second-order valence-corrected chi connectivity index (χ2v) is 9.65. The Kier molecular flexibility index (Phi) is 4.19. The molecule has 1 aromatic heterocycles. The van der Waals surface area contributed by atoms with E-state index in [1.165, 1.54) is 22.3 Å². The van der Waals surface area contributed by atoms with Crippen molar-refractivity contribution >= 4 is 0 Å². The van der Waals surface area contributed by atoms with Crippen LogP contribution < -0.4 is 9.47 Å². The van der Waals surface area contributed by atoms with E-state index in [1.54, 1.807) is 0 Å². The van der Waals surface area contributed by atoms with E-state index in [0.717, 1.165) is 45.4 Å². The van der Waals surface area contributed by atoms with Gasteiger partial charge in [0.2, 0.25) is 0 Å². The molecule has 0 N–H and O–H groups in total. The van der Waals surface area contributed by atoms with Crippen molar-refractivity contribution in [1.29, 1.82) is 0 Å². The normalized spacial score (nSPS) is 14.1. The van der Waals surface area contributed by atoms with Crippen molar-refractivity contribution in [3.63, 3.8) is 0 Å². The number of pyridine rings is 1. The van der Waals surface area contributed by atoms with Gasteiger partial charge in [0, 0.05) is 28.3 Å². The number of hydrogen-bond donors (Lipinski definition) is 0. The number of rotatable bonds is 2. The largest absolute Gasteiger partial charge is 0.449 e. The molecule has 0 fully saturated rings. The summed E-state index contributed by atoms with van der Waals surface area (Å²) in [7, 11) is 0. The van der Waals surface area contributed by atoms with Crippen molar-refractivity contribution in [2.75, 3.05) is 0 Å². The van der Waals surface area contributed by atoms with E-state index < -0.39 is 0 Å². The van der Waals surface area contributed by atoms with Crippen molar-refractivity contribution in [3.8, 4) is 56.5 Å². The van der Waals surface area contributed by atoms with Crippen LogP contribution in [-0.4, -0.2) is 4.98 Å². The molecule has 168 valence electrons. The molecule has 3 nitrogen and oxygen atoms in total. The first-order valence-corrected chi connectivity index (χ1v) is 11.9. The van der Waals surface area contributed by atoms with Crippen molar-refractivity contribution < 1.29 is 9.47 Å². The van der Waals surface area contributed by atoms with Gasteiger partial charge in [0.15, 0.2) is 23.0 Å². The molecule has 0 atom stereocenters. The average Bonchev–Trinajstić information content (AvgIpc) is 3.14. The molecule has 1 aliphatic heterocycles. The van der Waals surface area contributed by atoms with Gasteiger partial charge >= 0.3 is 0 Å². The van der Waals surface area contributed by atoms with Crippen LogP contribution in [0.3, 0.4) is 0 Å². The molecule has 4 aromatic carbocycles. The molecule has 0 unspecified atom stereocenters.